The molecule has 0 amide bonds. The first-order valence-electron chi connectivity index (χ1n) is 11.7. The van der Waals surface area contributed by atoms with Gasteiger partial charge < -0.3 is 14.7 Å². The summed E-state index contributed by atoms with van der Waals surface area (Å²) in [6.07, 6.45) is 0. The van der Waals surface area contributed by atoms with Gasteiger partial charge in [0.05, 0.1) is 27.3 Å². The fourth-order valence-corrected chi connectivity index (χ4v) is 5.65. The van der Waals surface area contributed by atoms with Crippen molar-refractivity contribution in [3.63, 3.8) is 0 Å². The molecule has 10 heteroatoms. The molecule has 192 valence electrons. The molecule has 38 heavy (non-hydrogen) atoms. The Morgan fingerprint density at radius 1 is 0.842 bits per heavy atom. The number of nitrogens with zero attached hydrogens (tertiary/aromatic N) is 4. The Morgan fingerprint density at radius 2 is 1.45 bits per heavy atom. The zero-order valence-electron chi connectivity index (χ0n) is 20.6. The lowest BCUT2D eigenvalue weighted by Gasteiger charge is -2.11. The Balaban J connectivity index is 1.50. The molecule has 0 radical (unpaired) electrons. The number of azo groups is 1. The summed E-state index contributed by atoms with van der Waals surface area (Å²) in [5.41, 5.74) is 3.12. The summed E-state index contributed by atoms with van der Waals surface area (Å²) in [5, 5.41) is 18.9. The van der Waals surface area contributed by atoms with E-state index in [1.165, 1.54) is 16.1 Å². The molecule has 0 saturated heterocycles. The molecule has 0 bridgehead atoms. The maximum absolute atomic E-state index is 13.8. The lowest BCUT2D eigenvalue weighted by atomic mass is 10.1. The average Bonchev–Trinajstić information content (AvgIpc) is 3.25. The average molecular weight is 529 g/mol. The lowest BCUT2D eigenvalue weighted by Crippen LogP contribution is -2.13. The molecule has 0 atom stereocenters. The number of anilines is 1. The number of aromatic nitrogens is 1. The van der Waals surface area contributed by atoms with E-state index in [0.717, 1.165) is 11.1 Å². The Labute approximate surface area is 219 Å². The number of carboxylic acids is 1. The zero-order valence-corrected chi connectivity index (χ0v) is 21.5. The van der Waals surface area contributed by atoms with Crippen molar-refractivity contribution in [2.45, 2.75) is 4.90 Å². The summed E-state index contributed by atoms with van der Waals surface area (Å²) in [5.74, 6) is -0.866. The van der Waals surface area contributed by atoms with Crippen LogP contribution in [0.2, 0.25) is 0 Å². The van der Waals surface area contributed by atoms with Crippen molar-refractivity contribution in [1.82, 2.24) is 3.97 Å². The van der Waals surface area contributed by atoms with Crippen LogP contribution in [0.15, 0.2) is 106 Å². The second-order valence-corrected chi connectivity index (χ2v) is 10.5. The highest BCUT2D eigenvalue weighted by Crippen LogP contribution is 2.35. The fraction of sp³-hybridized carbons (Fsp3) is 0.107. The Hall–Kier alpha value is -4.70. The third kappa shape index (κ3) is 4.81. The van der Waals surface area contributed by atoms with Crippen molar-refractivity contribution >= 4 is 54.9 Å². The number of benzene rings is 4. The molecule has 0 fully saturated rings. The monoisotopic (exact) mass is 528 g/mol. The quantitative estimate of drug-likeness (QED) is 0.248. The van der Waals surface area contributed by atoms with Crippen LogP contribution < -0.4 is 9.64 Å². The van der Waals surface area contributed by atoms with E-state index in [1.54, 1.807) is 42.5 Å². The maximum Gasteiger partial charge on any atom is 0.341 e. The fourth-order valence-electron chi connectivity index (χ4n) is 4.13. The van der Waals surface area contributed by atoms with Crippen LogP contribution in [0.4, 0.5) is 17.1 Å². The van der Waals surface area contributed by atoms with Gasteiger partial charge in [-0.25, -0.2) is 17.2 Å². The minimum atomic E-state index is -4.03. The third-order valence-corrected chi connectivity index (χ3v) is 7.73. The molecule has 0 aliphatic heterocycles. The number of rotatable bonds is 8. The van der Waals surface area contributed by atoms with Gasteiger partial charge in [0.25, 0.3) is 10.0 Å². The van der Waals surface area contributed by atoms with Gasteiger partial charge in [-0.2, -0.15) is 10.2 Å². The van der Waals surface area contributed by atoms with E-state index in [-0.39, 0.29) is 10.6 Å². The van der Waals surface area contributed by atoms with Crippen LogP contribution in [-0.2, 0) is 14.8 Å². The lowest BCUT2D eigenvalue weighted by molar-refractivity contribution is -0.139. The van der Waals surface area contributed by atoms with Gasteiger partial charge >= 0.3 is 5.97 Å². The maximum atomic E-state index is 13.8. The minimum absolute atomic E-state index is 0.0753. The Bertz CT molecular complexity index is 1770. The first-order chi connectivity index (χ1) is 18.2. The molecule has 5 rings (SSSR count). The van der Waals surface area contributed by atoms with Crippen LogP contribution >= 0.6 is 0 Å². The number of fused-ring (bicyclic) bond motifs is 3. The first-order valence-corrected chi connectivity index (χ1v) is 13.1. The van der Waals surface area contributed by atoms with E-state index in [1.807, 2.05) is 55.4 Å². The number of hydrogen-bond donors (Lipinski definition) is 1. The van der Waals surface area contributed by atoms with E-state index < -0.39 is 22.6 Å². The van der Waals surface area contributed by atoms with Crippen LogP contribution in [0.25, 0.3) is 21.8 Å². The molecule has 0 aliphatic rings. The molecule has 0 spiro atoms. The molecular weight excluding hydrogens is 504 g/mol. The van der Waals surface area contributed by atoms with E-state index in [4.69, 9.17) is 9.84 Å². The molecule has 0 aliphatic carbocycles. The largest absolute Gasteiger partial charge is 0.482 e. The summed E-state index contributed by atoms with van der Waals surface area (Å²) >= 11 is 0. The second-order valence-electron chi connectivity index (χ2n) is 8.75. The predicted molar refractivity (Wildman–Crippen MR) is 147 cm³/mol. The van der Waals surface area contributed by atoms with Gasteiger partial charge in [0.15, 0.2) is 6.61 Å². The summed E-state index contributed by atoms with van der Waals surface area (Å²) in [6.45, 7) is -0.533. The van der Waals surface area contributed by atoms with Gasteiger partial charge in [0.2, 0.25) is 0 Å². The number of hydrogen-bond acceptors (Lipinski definition) is 7. The predicted octanol–water partition coefficient (Wildman–Crippen LogP) is 5.98. The topological polar surface area (TPSA) is 114 Å². The molecule has 1 aromatic heterocycles. The van der Waals surface area contributed by atoms with Crippen LogP contribution in [-0.4, -0.2) is 44.2 Å². The third-order valence-electron chi connectivity index (χ3n) is 5.99. The highest BCUT2D eigenvalue weighted by atomic mass is 32.2. The van der Waals surface area contributed by atoms with Crippen molar-refractivity contribution in [2.24, 2.45) is 10.2 Å². The van der Waals surface area contributed by atoms with Crippen molar-refractivity contribution in [2.75, 3.05) is 25.6 Å². The number of ether oxygens (including phenoxy) is 1. The smallest absolute Gasteiger partial charge is 0.341 e. The SMILES string of the molecule is CN(C)c1ccc(N=Nc2ccc(S(=O)(=O)n3c4ccccc4c4ccc(OCC(=O)O)cc43)cc2)cc1. The van der Waals surface area contributed by atoms with E-state index in [9.17, 15) is 13.2 Å². The van der Waals surface area contributed by atoms with Gasteiger partial charge in [-0.1, -0.05) is 18.2 Å². The first kappa shape index (κ1) is 25.0. The van der Waals surface area contributed by atoms with Crippen molar-refractivity contribution in [3.05, 3.63) is 91.0 Å². The standard InChI is InChI=1S/C28H24N4O5S/c1-31(2)21-11-7-19(8-12-21)29-30-20-9-14-23(15-10-20)38(35,36)32-26-6-4-3-5-24(26)25-16-13-22(17-27(25)32)37-18-28(33)34/h3-17H,18H2,1-2H3,(H,33,34). The second kappa shape index (κ2) is 9.98. The number of carbonyl (C=O) groups is 1. The molecular formula is C28H24N4O5S. The van der Waals surface area contributed by atoms with Gasteiger partial charge in [0.1, 0.15) is 5.75 Å². The van der Waals surface area contributed by atoms with Crippen molar-refractivity contribution < 1.29 is 23.1 Å². The summed E-state index contributed by atoms with van der Waals surface area (Å²) in [6, 6.07) is 25.8. The van der Waals surface area contributed by atoms with Crippen LogP contribution in [0.3, 0.4) is 0 Å². The zero-order chi connectivity index (χ0) is 26.9. The number of carboxylic acid groups (broad SMARTS) is 1. The van der Waals surface area contributed by atoms with Crippen LogP contribution in [0.5, 0.6) is 5.75 Å². The van der Waals surface area contributed by atoms with E-state index in [2.05, 4.69) is 10.2 Å². The highest BCUT2D eigenvalue weighted by Gasteiger charge is 2.23. The number of para-hydroxylation sites is 1. The normalized spacial score (nSPS) is 11.8. The van der Waals surface area contributed by atoms with Crippen molar-refractivity contribution in [3.8, 4) is 5.75 Å². The van der Waals surface area contributed by atoms with Gasteiger partial charge in [0, 0.05) is 36.6 Å². The van der Waals surface area contributed by atoms with Gasteiger partial charge in [-0.3, -0.25) is 0 Å². The molecule has 1 N–H and O–H groups in total. The molecule has 4 aromatic carbocycles. The van der Waals surface area contributed by atoms with Crippen LogP contribution in [0, 0.1) is 0 Å². The molecule has 1 heterocycles. The van der Waals surface area contributed by atoms with Crippen LogP contribution in [0.1, 0.15) is 0 Å². The summed E-state index contributed by atoms with van der Waals surface area (Å²) in [7, 11) is -0.114. The van der Waals surface area contributed by atoms with Gasteiger partial charge in [-0.05, 0) is 66.7 Å². The highest BCUT2D eigenvalue weighted by molar-refractivity contribution is 7.90. The molecule has 9 nitrogen and oxygen atoms in total. The summed E-state index contributed by atoms with van der Waals surface area (Å²) < 4.78 is 34.3. The van der Waals surface area contributed by atoms with E-state index in [0.29, 0.717) is 27.8 Å². The minimum Gasteiger partial charge on any atom is -0.482 e. The Kier molecular flexibility index (Phi) is 6.56. The van der Waals surface area contributed by atoms with Gasteiger partial charge in [-0.15, -0.1) is 0 Å². The molecule has 5 aromatic rings. The van der Waals surface area contributed by atoms with Crippen molar-refractivity contribution in [1.29, 1.82) is 0 Å². The summed E-state index contributed by atoms with van der Waals surface area (Å²) in [4.78, 5) is 13.0. The molecule has 0 unspecified atom stereocenters. The number of aliphatic carboxylic acids is 1. The van der Waals surface area contributed by atoms with E-state index >= 15 is 0 Å². The Morgan fingerprint density at radius 3 is 2.08 bits per heavy atom. The molecule has 0 saturated carbocycles.